The quantitative estimate of drug-likeness (QED) is 0.129. The van der Waals surface area contributed by atoms with Gasteiger partial charge in [-0.05, 0) is 61.7 Å². The Morgan fingerprint density at radius 3 is 2.44 bits per heavy atom. The Balaban J connectivity index is 1.18. The number of aryl methyl sites for hydroxylation is 1. The van der Waals surface area contributed by atoms with Crippen molar-refractivity contribution in [2.45, 2.75) is 115 Å². The number of fused-ring (bicyclic) bond motifs is 6. The minimum absolute atomic E-state index is 0.0331. The van der Waals surface area contributed by atoms with Crippen LogP contribution < -0.4 is 10.1 Å². The molecule has 1 amide bonds. The molecule has 6 atom stereocenters. The molecule has 3 aliphatic heterocycles. The maximum absolute atomic E-state index is 14.8. The molecule has 3 aromatic rings. The number of amides is 1. The highest BCUT2D eigenvalue weighted by molar-refractivity contribution is 6.41. The molecule has 4 N–H and O–H groups in total. The minimum Gasteiger partial charge on any atom is -0.507 e. The van der Waals surface area contributed by atoms with Crippen LogP contribution in [0, 0.1) is 6.92 Å². The Morgan fingerprint density at radius 2 is 1.70 bits per heavy atom. The third-order valence-corrected chi connectivity index (χ3v) is 10.7. The van der Waals surface area contributed by atoms with E-state index in [1.807, 2.05) is 0 Å². The van der Waals surface area contributed by atoms with Gasteiger partial charge in [-0.3, -0.25) is 14.4 Å². The van der Waals surface area contributed by atoms with E-state index in [1.165, 1.54) is 42.4 Å². The predicted molar refractivity (Wildman–Crippen MR) is 198 cm³/mol. The number of hydrogen-bond acceptors (Lipinski definition) is 11. The Bertz CT molecular complexity index is 1990. The highest BCUT2D eigenvalue weighted by Gasteiger charge is 2.54. The van der Waals surface area contributed by atoms with Crippen molar-refractivity contribution in [1.29, 1.82) is 0 Å². The van der Waals surface area contributed by atoms with Gasteiger partial charge in [-0.1, -0.05) is 63.3 Å². The number of phenolic OH excluding ortho intramolecular Hbond substituents is 1. The number of phenols is 1. The average molecular weight is 739 g/mol. The molecule has 4 aliphatic rings. The molecule has 3 aromatic carbocycles. The molecule has 0 aromatic heterocycles. The number of anilines is 1. The summed E-state index contributed by atoms with van der Waals surface area (Å²) in [7, 11) is 0. The fourth-order valence-corrected chi connectivity index (χ4v) is 7.94. The maximum atomic E-state index is 14.8. The lowest BCUT2D eigenvalue weighted by molar-refractivity contribution is -0.216. The first kappa shape index (κ1) is 37.3. The summed E-state index contributed by atoms with van der Waals surface area (Å²) in [5.74, 6) is -2.01. The number of benzene rings is 3. The largest absolute Gasteiger partial charge is 0.507 e. The summed E-state index contributed by atoms with van der Waals surface area (Å²) in [4.78, 5) is 57.2. The molecule has 3 heterocycles. The summed E-state index contributed by atoms with van der Waals surface area (Å²) in [6.07, 6.45) is 1.87. The van der Waals surface area contributed by atoms with Crippen LogP contribution >= 0.6 is 0 Å². The Labute approximate surface area is 313 Å². The number of hydrogen-bond donors (Lipinski definition) is 4. The van der Waals surface area contributed by atoms with Gasteiger partial charge in [0.05, 0.1) is 23.3 Å². The zero-order valence-corrected chi connectivity index (χ0v) is 30.7. The third-order valence-electron chi connectivity index (χ3n) is 10.7. The zero-order valence-electron chi connectivity index (χ0n) is 30.7. The van der Waals surface area contributed by atoms with Gasteiger partial charge in [0.15, 0.2) is 5.78 Å². The van der Waals surface area contributed by atoms with Crippen LogP contribution in [-0.2, 0) is 25.5 Å². The number of Topliss-reactive ketones (excluding diaryl/α,β-unsaturated/α-hetero) is 2. The van der Waals surface area contributed by atoms with E-state index in [9.17, 15) is 34.5 Å². The molecule has 0 bridgehead atoms. The minimum atomic E-state index is -1.13. The summed E-state index contributed by atoms with van der Waals surface area (Å²) in [6.45, 7) is 5.53. The molecule has 0 spiro atoms. The number of carbonyl (C=O) groups excluding carboxylic acids is 4. The third kappa shape index (κ3) is 7.01. The average Bonchev–Trinajstić information content (AvgIpc) is 3.46. The van der Waals surface area contributed by atoms with Crippen LogP contribution in [0.4, 0.5) is 5.69 Å². The normalized spacial score (nSPS) is 24.4. The van der Waals surface area contributed by atoms with Gasteiger partial charge in [0.2, 0.25) is 24.2 Å². The van der Waals surface area contributed by atoms with Gasteiger partial charge in [0.1, 0.15) is 29.3 Å². The van der Waals surface area contributed by atoms with Crippen LogP contribution in [0.5, 0.6) is 11.5 Å². The monoisotopic (exact) mass is 738 g/mol. The van der Waals surface area contributed by atoms with Crippen LogP contribution in [0.25, 0.3) is 5.57 Å². The van der Waals surface area contributed by atoms with E-state index in [4.69, 9.17) is 14.2 Å². The molecule has 1 unspecified atom stereocenters. The molecule has 0 saturated carbocycles. The first-order chi connectivity index (χ1) is 26.0. The van der Waals surface area contributed by atoms with Crippen LogP contribution in [0.3, 0.4) is 0 Å². The summed E-state index contributed by atoms with van der Waals surface area (Å²) in [6, 6.07) is 13.9. The number of unbranched alkanes of at least 4 members (excludes halogenated alkanes) is 5. The molecule has 1 aliphatic carbocycles. The van der Waals surface area contributed by atoms with Crippen molar-refractivity contribution >= 4 is 34.7 Å². The van der Waals surface area contributed by atoms with Gasteiger partial charge in [-0.2, -0.15) is 0 Å². The van der Waals surface area contributed by atoms with Crippen LogP contribution in [0.2, 0.25) is 0 Å². The standard InChI is InChI=1S/C42H46N2O10/c1-4-5-6-7-8-9-13-32(47)43-25-16-14-24(15-17-25)20-28-42(51)54-41-27-18-22(2)19-29(45)34(27)36-37(44(28)41)40(50)35-26(39(36)49)11-10-12-31(35)53-33-21-30(46)38(48)23(3)52-33/h10-12,14-19,23,28,30,33,38,41,45-46,48H,4-9,13,20-21H2,1-3H3,(H,43,47)/t23-,28-,30+,33-,38-,41?/m0/s1. The van der Waals surface area contributed by atoms with Gasteiger partial charge in [-0.25, -0.2) is 4.79 Å². The van der Waals surface area contributed by atoms with Gasteiger partial charge in [-0.15, -0.1) is 0 Å². The first-order valence-corrected chi connectivity index (χ1v) is 18.8. The Kier molecular flexibility index (Phi) is 10.6. The highest BCUT2D eigenvalue weighted by Crippen LogP contribution is 2.52. The second-order valence-corrected chi connectivity index (χ2v) is 14.7. The molecule has 12 heteroatoms. The zero-order chi connectivity index (χ0) is 38.3. The summed E-state index contributed by atoms with van der Waals surface area (Å²) in [5, 5.41) is 34.8. The summed E-state index contributed by atoms with van der Waals surface area (Å²) < 4.78 is 17.8. The lowest BCUT2D eigenvalue weighted by Crippen LogP contribution is -2.48. The number of allylic oxidation sites excluding steroid dienone is 2. The number of carbonyl (C=O) groups is 4. The fraction of sp³-hybridized carbons (Fsp3) is 0.429. The molecule has 12 nitrogen and oxygen atoms in total. The molecule has 0 radical (unpaired) electrons. The maximum Gasteiger partial charge on any atom is 0.331 e. The van der Waals surface area contributed by atoms with Crippen molar-refractivity contribution in [3.05, 3.63) is 93.7 Å². The fourth-order valence-electron chi connectivity index (χ4n) is 7.94. The van der Waals surface area contributed by atoms with E-state index in [0.717, 1.165) is 24.8 Å². The van der Waals surface area contributed by atoms with E-state index < -0.39 is 54.4 Å². The number of aliphatic hydroxyl groups excluding tert-OH is 2. The number of ether oxygens (including phenoxy) is 3. The number of aliphatic hydroxyl groups is 2. The van der Waals surface area contributed by atoms with Crippen molar-refractivity contribution in [2.24, 2.45) is 0 Å². The van der Waals surface area contributed by atoms with Crippen LogP contribution in [0.15, 0.2) is 60.3 Å². The van der Waals surface area contributed by atoms with Gasteiger partial charge in [0.25, 0.3) is 0 Å². The topological polar surface area (TPSA) is 172 Å². The van der Waals surface area contributed by atoms with Crippen molar-refractivity contribution < 1.29 is 48.7 Å². The molecule has 7 rings (SSSR count). The van der Waals surface area contributed by atoms with Crippen molar-refractivity contribution in [1.82, 2.24) is 4.90 Å². The molecule has 284 valence electrons. The second kappa shape index (κ2) is 15.4. The van der Waals surface area contributed by atoms with Crippen molar-refractivity contribution in [3.63, 3.8) is 0 Å². The second-order valence-electron chi connectivity index (χ2n) is 14.7. The van der Waals surface area contributed by atoms with E-state index in [-0.39, 0.29) is 58.2 Å². The summed E-state index contributed by atoms with van der Waals surface area (Å²) in [5.41, 5.74) is 2.40. The first-order valence-electron chi connectivity index (χ1n) is 18.8. The van der Waals surface area contributed by atoms with Gasteiger partial charge < -0.3 is 39.7 Å². The number of aromatic hydroxyl groups is 1. The SMILES string of the molecule is CCCCCCCCC(=O)Nc1ccc(C[C@H]2C(=O)OC3c4cc(C)cc(O)c4C4=C(C(=O)c5c(O[C@H]6C[C@@H](O)[C@@H](O)[C@H](C)O6)cccc5C4=O)N32)cc1. The van der Waals surface area contributed by atoms with E-state index in [1.54, 1.807) is 50.2 Å². The van der Waals surface area contributed by atoms with E-state index in [2.05, 4.69) is 12.2 Å². The van der Waals surface area contributed by atoms with E-state index >= 15 is 0 Å². The number of rotatable bonds is 12. The highest BCUT2D eigenvalue weighted by atomic mass is 16.7. The Hall–Kier alpha value is -5.04. The van der Waals surface area contributed by atoms with Crippen LogP contribution in [0.1, 0.15) is 114 Å². The number of nitrogens with zero attached hydrogens (tertiary/aromatic N) is 1. The summed E-state index contributed by atoms with van der Waals surface area (Å²) >= 11 is 0. The van der Waals surface area contributed by atoms with Gasteiger partial charge in [0, 0.05) is 41.6 Å². The number of nitrogens with one attached hydrogen (secondary N) is 1. The number of esters is 1. The molecular weight excluding hydrogens is 692 g/mol. The van der Waals surface area contributed by atoms with Gasteiger partial charge >= 0.3 is 5.97 Å². The smallest absolute Gasteiger partial charge is 0.331 e. The molecule has 2 fully saturated rings. The lowest BCUT2D eigenvalue weighted by atomic mass is 9.78. The van der Waals surface area contributed by atoms with Crippen molar-refractivity contribution in [3.8, 4) is 11.5 Å². The predicted octanol–water partition coefficient (Wildman–Crippen LogP) is 5.90. The Morgan fingerprint density at radius 1 is 0.963 bits per heavy atom. The number of ketones is 2. The molecule has 54 heavy (non-hydrogen) atoms. The molecular formula is C42H46N2O10. The van der Waals surface area contributed by atoms with Crippen LogP contribution in [-0.4, -0.2) is 74.3 Å². The lowest BCUT2D eigenvalue weighted by Gasteiger charge is -2.39. The molecule has 2 saturated heterocycles. The van der Waals surface area contributed by atoms with E-state index in [0.29, 0.717) is 23.2 Å². The van der Waals surface area contributed by atoms with Crippen molar-refractivity contribution in [2.75, 3.05) is 5.32 Å².